The van der Waals surface area contributed by atoms with Crippen molar-refractivity contribution in [3.63, 3.8) is 0 Å². The quantitative estimate of drug-likeness (QED) is 0.508. The lowest BCUT2D eigenvalue weighted by Crippen LogP contribution is -2.25. The fourth-order valence-corrected chi connectivity index (χ4v) is 2.36. The van der Waals surface area contributed by atoms with Gasteiger partial charge in [-0.2, -0.15) is 0 Å². The highest BCUT2D eigenvalue weighted by molar-refractivity contribution is 7.98. The number of aliphatic imine (C=N–C) groups is 1. The van der Waals surface area contributed by atoms with Crippen LogP contribution < -0.4 is 15.2 Å². The molecule has 19 heavy (non-hydrogen) atoms. The van der Waals surface area contributed by atoms with Crippen molar-refractivity contribution < 1.29 is 4.74 Å². The minimum Gasteiger partial charge on any atom is -0.496 e. The molecule has 0 bridgehead atoms. The second-order valence-corrected chi connectivity index (χ2v) is 4.60. The van der Waals surface area contributed by atoms with Gasteiger partial charge in [-0.25, -0.2) is 0 Å². The van der Waals surface area contributed by atoms with Crippen LogP contribution in [-0.4, -0.2) is 20.1 Å². The molecule has 1 rings (SSSR count). The summed E-state index contributed by atoms with van der Waals surface area (Å²) < 4.78 is 8.33. The second-order valence-electron chi connectivity index (χ2n) is 3.79. The van der Waals surface area contributed by atoms with Crippen LogP contribution in [0.25, 0.3) is 0 Å². The summed E-state index contributed by atoms with van der Waals surface area (Å²) in [5.41, 5.74) is 9.11. The summed E-state index contributed by atoms with van der Waals surface area (Å²) in [4.78, 5) is 5.02. The van der Waals surface area contributed by atoms with Gasteiger partial charge >= 0.3 is 0 Å². The van der Waals surface area contributed by atoms with E-state index in [1.807, 2.05) is 19.9 Å². The van der Waals surface area contributed by atoms with Gasteiger partial charge in [-0.05, 0) is 55.5 Å². The van der Waals surface area contributed by atoms with Crippen molar-refractivity contribution in [2.75, 3.05) is 14.2 Å². The Morgan fingerprint density at radius 1 is 1.26 bits per heavy atom. The predicted molar refractivity (Wildman–Crippen MR) is 85.1 cm³/mol. The maximum absolute atomic E-state index is 5.61. The monoisotopic (exact) mass is 283 g/mol. The van der Waals surface area contributed by atoms with Crippen molar-refractivity contribution in [3.8, 4) is 5.75 Å². The Labute approximate surface area is 121 Å². The Kier molecular flexibility index (Phi) is 8.07. The van der Waals surface area contributed by atoms with E-state index in [1.165, 1.54) is 17.5 Å². The van der Waals surface area contributed by atoms with Gasteiger partial charge in [-0.15, -0.1) is 0 Å². The molecule has 0 unspecified atom stereocenters. The number of nitrogens with one attached hydrogen (secondary N) is 1. The van der Waals surface area contributed by atoms with Crippen LogP contribution in [0.5, 0.6) is 5.75 Å². The summed E-state index contributed by atoms with van der Waals surface area (Å²) in [7, 11) is 3.34. The highest BCUT2D eigenvalue weighted by atomic mass is 32.2. The van der Waals surface area contributed by atoms with Gasteiger partial charge in [0.15, 0.2) is 5.96 Å². The van der Waals surface area contributed by atoms with E-state index in [1.54, 1.807) is 14.2 Å². The van der Waals surface area contributed by atoms with Gasteiger partial charge in [-0.1, -0.05) is 13.8 Å². The Morgan fingerprint density at radius 3 is 2.32 bits per heavy atom. The molecule has 1 aromatic rings. The third-order valence-electron chi connectivity index (χ3n) is 2.70. The number of aryl methyl sites for hydroxylation is 1. The number of nitrogens with two attached hydrogens (primary N) is 1. The third-order valence-corrected chi connectivity index (χ3v) is 3.84. The molecule has 0 fully saturated rings. The van der Waals surface area contributed by atoms with Crippen LogP contribution in [0.3, 0.4) is 0 Å². The molecule has 0 radical (unpaired) electrons. The van der Waals surface area contributed by atoms with E-state index in [9.17, 15) is 0 Å². The average Bonchev–Trinajstić information content (AvgIpc) is 2.44. The Hall–Kier alpha value is -1.36. The number of rotatable bonds is 3. The molecule has 0 aliphatic heterocycles. The van der Waals surface area contributed by atoms with Crippen molar-refractivity contribution in [1.29, 1.82) is 0 Å². The normalized spacial score (nSPS) is 10.6. The fourth-order valence-electron chi connectivity index (χ4n) is 1.54. The Bertz CT molecular complexity index is 445. The maximum Gasteiger partial charge on any atom is 0.198 e. The molecule has 0 atom stereocenters. The van der Waals surface area contributed by atoms with Gasteiger partial charge < -0.3 is 10.5 Å². The summed E-state index contributed by atoms with van der Waals surface area (Å²) in [5.74, 6) is 1.34. The summed E-state index contributed by atoms with van der Waals surface area (Å²) in [6.07, 6.45) is 0. The molecule has 0 heterocycles. The molecule has 0 amide bonds. The van der Waals surface area contributed by atoms with Crippen molar-refractivity contribution in [3.05, 3.63) is 22.8 Å². The summed E-state index contributed by atoms with van der Waals surface area (Å²) in [6.45, 7) is 10.2. The molecule has 3 N–H and O–H groups in total. The molecule has 0 saturated heterocycles. The first-order valence-corrected chi connectivity index (χ1v) is 7.12. The standard InChI is InChI=1S/C12H19N3OS.C2H6/c1-7-6-10(16-5)8(2)9(3)11(7)17-15-12(13)14-4;1-2/h6H,1-5H3,(H3,13,14,15);1-2H3. The predicted octanol–water partition coefficient (Wildman–Crippen LogP) is 3.19. The van der Waals surface area contributed by atoms with Crippen LogP contribution >= 0.6 is 11.9 Å². The van der Waals surface area contributed by atoms with Crippen LogP contribution in [0.15, 0.2) is 16.0 Å². The van der Waals surface area contributed by atoms with Gasteiger partial charge in [0.1, 0.15) is 5.75 Å². The third kappa shape index (κ3) is 4.67. The molecule has 0 saturated carbocycles. The lowest BCUT2D eigenvalue weighted by atomic mass is 10.1. The molecule has 0 aliphatic rings. The molecule has 5 heteroatoms. The number of nitrogens with zero attached hydrogens (tertiary/aromatic N) is 1. The molecule has 0 aromatic heterocycles. The number of guanidine groups is 1. The average molecular weight is 283 g/mol. The molecular weight excluding hydrogens is 258 g/mol. The van der Waals surface area contributed by atoms with Crippen molar-refractivity contribution >= 4 is 17.9 Å². The van der Waals surface area contributed by atoms with Crippen LogP contribution in [0.1, 0.15) is 30.5 Å². The zero-order chi connectivity index (χ0) is 15.0. The van der Waals surface area contributed by atoms with Gasteiger partial charge in [0.2, 0.25) is 0 Å². The largest absolute Gasteiger partial charge is 0.496 e. The van der Waals surface area contributed by atoms with Gasteiger partial charge in [0.25, 0.3) is 0 Å². The summed E-state index contributed by atoms with van der Waals surface area (Å²) in [5, 5.41) is 0. The van der Waals surface area contributed by atoms with Crippen molar-refractivity contribution in [2.24, 2.45) is 10.7 Å². The van der Waals surface area contributed by atoms with E-state index in [0.29, 0.717) is 5.96 Å². The smallest absolute Gasteiger partial charge is 0.198 e. The van der Waals surface area contributed by atoms with Crippen LogP contribution in [0.2, 0.25) is 0 Å². The molecule has 1 aromatic carbocycles. The van der Waals surface area contributed by atoms with E-state index >= 15 is 0 Å². The fraction of sp³-hybridized carbons (Fsp3) is 0.500. The number of hydrogen-bond acceptors (Lipinski definition) is 3. The maximum atomic E-state index is 5.61. The number of methoxy groups -OCH3 is 1. The van der Waals surface area contributed by atoms with E-state index in [4.69, 9.17) is 10.5 Å². The van der Waals surface area contributed by atoms with Gasteiger partial charge in [0.05, 0.1) is 7.11 Å². The van der Waals surface area contributed by atoms with E-state index in [2.05, 4.69) is 30.5 Å². The summed E-state index contributed by atoms with van der Waals surface area (Å²) >= 11 is 1.48. The van der Waals surface area contributed by atoms with E-state index < -0.39 is 0 Å². The zero-order valence-electron chi connectivity index (χ0n) is 12.9. The van der Waals surface area contributed by atoms with Crippen molar-refractivity contribution in [1.82, 2.24) is 4.72 Å². The van der Waals surface area contributed by atoms with Gasteiger partial charge in [-0.3, -0.25) is 9.71 Å². The Balaban J connectivity index is 0.00000154. The second kappa shape index (κ2) is 8.69. The minimum atomic E-state index is 0.419. The zero-order valence-corrected chi connectivity index (χ0v) is 13.7. The van der Waals surface area contributed by atoms with Gasteiger partial charge in [0, 0.05) is 11.9 Å². The minimum absolute atomic E-state index is 0.419. The molecule has 0 aliphatic carbocycles. The highest BCUT2D eigenvalue weighted by Gasteiger charge is 2.11. The first kappa shape index (κ1) is 17.6. The number of benzene rings is 1. The van der Waals surface area contributed by atoms with Crippen LogP contribution in [0, 0.1) is 20.8 Å². The van der Waals surface area contributed by atoms with Crippen LogP contribution in [0.4, 0.5) is 0 Å². The molecular formula is C14H25N3OS. The molecule has 0 spiro atoms. The molecule has 4 nitrogen and oxygen atoms in total. The Morgan fingerprint density at radius 2 is 1.84 bits per heavy atom. The van der Waals surface area contributed by atoms with E-state index in [0.717, 1.165) is 21.8 Å². The summed E-state index contributed by atoms with van der Waals surface area (Å²) in [6, 6.07) is 2.03. The number of hydrogen-bond donors (Lipinski definition) is 2. The SMILES string of the molecule is CC.CN=C(N)NSc1c(C)cc(OC)c(C)c1C. The first-order chi connectivity index (χ1) is 9.01. The van der Waals surface area contributed by atoms with E-state index in [-0.39, 0.29) is 0 Å². The topological polar surface area (TPSA) is 59.6 Å². The molecule has 108 valence electrons. The number of ether oxygens (including phenoxy) is 1. The lowest BCUT2D eigenvalue weighted by Gasteiger charge is -2.15. The van der Waals surface area contributed by atoms with Crippen LogP contribution in [-0.2, 0) is 0 Å². The van der Waals surface area contributed by atoms with Crippen molar-refractivity contribution in [2.45, 2.75) is 39.5 Å². The lowest BCUT2D eigenvalue weighted by molar-refractivity contribution is 0.410. The first-order valence-electron chi connectivity index (χ1n) is 6.31. The highest BCUT2D eigenvalue weighted by Crippen LogP contribution is 2.32.